The Morgan fingerprint density at radius 1 is 1.06 bits per heavy atom. The number of oxazole rings is 1. The lowest BCUT2D eigenvalue weighted by Crippen LogP contribution is -2.27. The highest BCUT2D eigenvalue weighted by Crippen LogP contribution is 2.26. The topological polar surface area (TPSA) is 76.8 Å². The Hall–Kier alpha value is -3.32. The maximum Gasteiger partial charge on any atom is 0.273 e. The number of rotatable bonds is 11. The van der Waals surface area contributed by atoms with E-state index in [1.807, 2.05) is 50.2 Å². The van der Waals surface area contributed by atoms with Gasteiger partial charge in [-0.15, -0.1) is 0 Å². The van der Waals surface area contributed by atoms with Crippen molar-refractivity contribution in [1.29, 1.82) is 0 Å². The van der Waals surface area contributed by atoms with E-state index in [9.17, 15) is 4.79 Å². The maximum absolute atomic E-state index is 12.3. The molecule has 1 heterocycles. The molecule has 0 saturated carbocycles. The smallest absolute Gasteiger partial charge is 0.273 e. The SMILES string of the molecule is COc1ccc(OC)c(CN(Cc2ccccc2)Cc2nc(C(=O)NCC(C)C)co2)c1. The highest BCUT2D eigenvalue weighted by atomic mass is 16.5. The van der Waals surface area contributed by atoms with Crippen LogP contribution in [0.2, 0.25) is 0 Å². The van der Waals surface area contributed by atoms with Gasteiger partial charge in [-0.05, 0) is 29.7 Å². The second-order valence-corrected chi connectivity index (χ2v) is 8.04. The standard InChI is InChI=1S/C25H31N3O4/c1-18(2)13-26-25(29)22-17-32-24(27-22)16-28(14-19-8-6-5-7-9-19)15-20-12-21(30-3)10-11-23(20)31-4/h5-12,17-18H,13-16H2,1-4H3,(H,26,29). The van der Waals surface area contributed by atoms with Crippen LogP contribution in [-0.2, 0) is 19.6 Å². The molecule has 32 heavy (non-hydrogen) atoms. The van der Waals surface area contributed by atoms with Crippen molar-refractivity contribution >= 4 is 5.91 Å². The molecule has 0 aliphatic carbocycles. The van der Waals surface area contributed by atoms with Gasteiger partial charge in [-0.25, -0.2) is 4.98 Å². The average molecular weight is 438 g/mol. The summed E-state index contributed by atoms with van der Waals surface area (Å²) in [4.78, 5) is 18.9. The van der Waals surface area contributed by atoms with Crippen molar-refractivity contribution in [2.75, 3.05) is 20.8 Å². The zero-order chi connectivity index (χ0) is 22.9. The van der Waals surface area contributed by atoms with Crippen LogP contribution in [0.5, 0.6) is 11.5 Å². The van der Waals surface area contributed by atoms with Gasteiger partial charge in [0.25, 0.3) is 5.91 Å². The van der Waals surface area contributed by atoms with Crippen molar-refractivity contribution < 1.29 is 18.7 Å². The van der Waals surface area contributed by atoms with Gasteiger partial charge in [-0.2, -0.15) is 0 Å². The molecule has 0 fully saturated rings. The number of benzene rings is 2. The fraction of sp³-hybridized carbons (Fsp3) is 0.360. The van der Waals surface area contributed by atoms with Crippen LogP contribution in [0, 0.1) is 5.92 Å². The Morgan fingerprint density at radius 3 is 2.53 bits per heavy atom. The first kappa shape index (κ1) is 23.3. The zero-order valence-electron chi connectivity index (χ0n) is 19.1. The molecule has 170 valence electrons. The van der Waals surface area contributed by atoms with Gasteiger partial charge in [0, 0.05) is 25.2 Å². The predicted octanol–water partition coefficient (Wildman–Crippen LogP) is 4.28. The van der Waals surface area contributed by atoms with Gasteiger partial charge in [-0.3, -0.25) is 9.69 Å². The molecule has 7 heteroatoms. The van der Waals surface area contributed by atoms with Crippen molar-refractivity contribution in [1.82, 2.24) is 15.2 Å². The van der Waals surface area contributed by atoms with Crippen LogP contribution in [0.25, 0.3) is 0 Å². The van der Waals surface area contributed by atoms with Crippen LogP contribution < -0.4 is 14.8 Å². The summed E-state index contributed by atoms with van der Waals surface area (Å²) in [5.41, 5.74) is 2.44. The number of hydrogen-bond donors (Lipinski definition) is 1. The number of nitrogens with zero attached hydrogens (tertiary/aromatic N) is 2. The maximum atomic E-state index is 12.3. The van der Waals surface area contributed by atoms with Crippen molar-refractivity contribution in [3.05, 3.63) is 77.5 Å². The first-order chi connectivity index (χ1) is 15.5. The minimum atomic E-state index is -0.224. The summed E-state index contributed by atoms with van der Waals surface area (Å²) in [5, 5.41) is 2.87. The molecule has 1 aromatic heterocycles. The minimum absolute atomic E-state index is 0.224. The molecule has 0 bridgehead atoms. The fourth-order valence-electron chi connectivity index (χ4n) is 3.32. The van der Waals surface area contributed by atoms with Crippen LogP contribution in [0.3, 0.4) is 0 Å². The van der Waals surface area contributed by atoms with Crippen LogP contribution >= 0.6 is 0 Å². The summed E-state index contributed by atoms with van der Waals surface area (Å²) < 4.78 is 16.6. The van der Waals surface area contributed by atoms with Crippen LogP contribution in [0.4, 0.5) is 0 Å². The van der Waals surface area contributed by atoms with Crippen molar-refractivity contribution in [3.63, 3.8) is 0 Å². The number of amides is 1. The Bertz CT molecular complexity index is 1000. The molecule has 3 aromatic rings. The fourth-order valence-corrected chi connectivity index (χ4v) is 3.32. The number of carbonyl (C=O) groups is 1. The third-order valence-corrected chi connectivity index (χ3v) is 4.94. The highest BCUT2D eigenvalue weighted by molar-refractivity contribution is 5.91. The van der Waals surface area contributed by atoms with Gasteiger partial charge in [0.2, 0.25) is 5.89 Å². The Balaban J connectivity index is 1.79. The third kappa shape index (κ3) is 6.59. The lowest BCUT2D eigenvalue weighted by Gasteiger charge is -2.22. The third-order valence-electron chi connectivity index (χ3n) is 4.94. The second-order valence-electron chi connectivity index (χ2n) is 8.04. The van der Waals surface area contributed by atoms with E-state index in [-0.39, 0.29) is 5.91 Å². The minimum Gasteiger partial charge on any atom is -0.497 e. The predicted molar refractivity (Wildman–Crippen MR) is 123 cm³/mol. The number of aromatic nitrogens is 1. The Morgan fingerprint density at radius 2 is 1.84 bits per heavy atom. The summed E-state index contributed by atoms with van der Waals surface area (Å²) in [5.74, 6) is 2.17. The highest BCUT2D eigenvalue weighted by Gasteiger charge is 2.17. The molecule has 0 saturated heterocycles. The van der Waals surface area contributed by atoms with Gasteiger partial charge in [0.15, 0.2) is 5.69 Å². The molecule has 7 nitrogen and oxygen atoms in total. The number of methoxy groups -OCH3 is 2. The summed E-state index contributed by atoms with van der Waals surface area (Å²) in [6.45, 7) is 6.39. The van der Waals surface area contributed by atoms with Gasteiger partial charge < -0.3 is 19.2 Å². The van der Waals surface area contributed by atoms with Gasteiger partial charge in [-0.1, -0.05) is 44.2 Å². The lowest BCUT2D eigenvalue weighted by atomic mass is 10.1. The van der Waals surface area contributed by atoms with E-state index in [4.69, 9.17) is 13.9 Å². The first-order valence-electron chi connectivity index (χ1n) is 10.7. The Kier molecular flexibility index (Phi) is 8.27. The quantitative estimate of drug-likeness (QED) is 0.483. The molecule has 0 radical (unpaired) electrons. The molecule has 0 aliphatic rings. The molecule has 1 amide bonds. The van der Waals surface area contributed by atoms with E-state index in [1.54, 1.807) is 14.2 Å². The van der Waals surface area contributed by atoms with Crippen LogP contribution in [0.15, 0.2) is 59.2 Å². The van der Waals surface area contributed by atoms with Crippen LogP contribution in [0.1, 0.15) is 41.4 Å². The lowest BCUT2D eigenvalue weighted by molar-refractivity contribution is 0.0944. The first-order valence-corrected chi connectivity index (χ1v) is 10.7. The summed E-state index contributed by atoms with van der Waals surface area (Å²) in [6, 6.07) is 15.9. The van der Waals surface area contributed by atoms with Gasteiger partial charge in [0.05, 0.1) is 20.8 Å². The van der Waals surface area contributed by atoms with E-state index in [2.05, 4.69) is 27.3 Å². The van der Waals surface area contributed by atoms with E-state index < -0.39 is 0 Å². The number of ether oxygens (including phenoxy) is 2. The van der Waals surface area contributed by atoms with Crippen molar-refractivity contribution in [3.8, 4) is 11.5 Å². The Labute approximate surface area is 189 Å². The summed E-state index contributed by atoms with van der Waals surface area (Å²) >= 11 is 0. The molecule has 0 spiro atoms. The van der Waals surface area contributed by atoms with Gasteiger partial charge in [0.1, 0.15) is 17.8 Å². The summed E-state index contributed by atoms with van der Waals surface area (Å²) in [7, 11) is 3.30. The molecule has 3 rings (SSSR count). The second kappa shape index (κ2) is 11.3. The van der Waals surface area contributed by atoms with E-state index in [0.29, 0.717) is 43.7 Å². The number of carbonyl (C=O) groups excluding carboxylic acids is 1. The van der Waals surface area contributed by atoms with Crippen LogP contribution in [-0.4, -0.2) is 36.6 Å². The molecular weight excluding hydrogens is 406 g/mol. The molecular formula is C25H31N3O4. The van der Waals surface area contributed by atoms with Crippen molar-refractivity contribution in [2.24, 2.45) is 5.92 Å². The molecule has 2 aromatic carbocycles. The van der Waals surface area contributed by atoms with E-state index >= 15 is 0 Å². The van der Waals surface area contributed by atoms with Crippen molar-refractivity contribution in [2.45, 2.75) is 33.5 Å². The van der Waals surface area contributed by atoms with E-state index in [0.717, 1.165) is 22.6 Å². The molecule has 0 unspecified atom stereocenters. The van der Waals surface area contributed by atoms with E-state index in [1.165, 1.54) is 6.26 Å². The number of hydrogen-bond acceptors (Lipinski definition) is 6. The largest absolute Gasteiger partial charge is 0.497 e. The normalized spacial score (nSPS) is 11.1. The molecule has 0 aliphatic heterocycles. The monoisotopic (exact) mass is 437 g/mol. The molecule has 0 atom stereocenters. The van der Waals surface area contributed by atoms with Gasteiger partial charge >= 0.3 is 0 Å². The average Bonchev–Trinajstić information content (AvgIpc) is 3.26. The molecule has 1 N–H and O–H groups in total. The zero-order valence-corrected chi connectivity index (χ0v) is 19.1. The number of nitrogens with one attached hydrogen (secondary N) is 1. The summed E-state index contributed by atoms with van der Waals surface area (Å²) in [6.07, 6.45) is 1.41.